The number of ketones is 1. The lowest BCUT2D eigenvalue weighted by Crippen LogP contribution is -2.62. The minimum absolute atomic E-state index is 0.0961. The third-order valence-electron chi connectivity index (χ3n) is 11.1. The van der Waals surface area contributed by atoms with Crippen LogP contribution in [0.25, 0.3) is 0 Å². The molecular formula is C38H59N7O6. The molecule has 4 rings (SSSR count). The van der Waals surface area contributed by atoms with E-state index >= 15 is 0 Å². The predicted molar refractivity (Wildman–Crippen MR) is 192 cm³/mol. The highest BCUT2D eigenvalue weighted by molar-refractivity contribution is 6.38. The number of aromatic nitrogens is 2. The quantitative estimate of drug-likeness (QED) is 0.213. The van der Waals surface area contributed by atoms with Crippen molar-refractivity contribution in [3.05, 3.63) is 24.3 Å². The summed E-state index contributed by atoms with van der Waals surface area (Å²) in [6.45, 7) is 13.6. The van der Waals surface area contributed by atoms with E-state index in [0.29, 0.717) is 13.0 Å². The van der Waals surface area contributed by atoms with Gasteiger partial charge in [0.15, 0.2) is 0 Å². The first-order valence-corrected chi connectivity index (χ1v) is 19.0. The normalized spacial score (nSPS) is 23.1. The van der Waals surface area contributed by atoms with Crippen molar-refractivity contribution >= 4 is 35.3 Å². The van der Waals surface area contributed by atoms with E-state index in [4.69, 9.17) is 0 Å². The number of hydrogen-bond donors (Lipinski definition) is 4. The zero-order valence-electron chi connectivity index (χ0n) is 31.5. The monoisotopic (exact) mass is 709 g/mol. The van der Waals surface area contributed by atoms with Gasteiger partial charge in [-0.3, -0.25) is 33.8 Å². The Morgan fingerprint density at radius 1 is 0.882 bits per heavy atom. The molecule has 1 aliphatic heterocycles. The molecule has 3 fully saturated rings. The topological polar surface area (TPSA) is 180 Å². The second-order valence-corrected chi connectivity index (χ2v) is 16.3. The lowest BCUT2D eigenvalue weighted by atomic mass is 9.82. The smallest absolute Gasteiger partial charge is 0.289 e. The molecule has 7 atom stereocenters. The highest BCUT2D eigenvalue weighted by atomic mass is 16.2. The van der Waals surface area contributed by atoms with E-state index in [1.165, 1.54) is 18.6 Å². The molecule has 3 aliphatic rings. The van der Waals surface area contributed by atoms with Gasteiger partial charge in [0.25, 0.3) is 11.8 Å². The van der Waals surface area contributed by atoms with Crippen molar-refractivity contribution < 1.29 is 28.8 Å². The molecule has 1 aromatic rings. The fourth-order valence-corrected chi connectivity index (χ4v) is 7.83. The Morgan fingerprint density at radius 3 is 2.20 bits per heavy atom. The third kappa shape index (κ3) is 9.91. The molecule has 4 N–H and O–H groups in total. The number of amides is 5. The van der Waals surface area contributed by atoms with Crippen LogP contribution in [-0.2, 0) is 24.0 Å². The van der Waals surface area contributed by atoms with Crippen LogP contribution in [0.4, 0.5) is 0 Å². The first-order valence-electron chi connectivity index (χ1n) is 19.0. The van der Waals surface area contributed by atoms with Crippen molar-refractivity contribution in [2.45, 2.75) is 143 Å². The molecule has 0 bridgehead atoms. The van der Waals surface area contributed by atoms with E-state index in [0.717, 1.165) is 51.4 Å². The Hall–Kier alpha value is -3.90. The van der Waals surface area contributed by atoms with E-state index in [2.05, 4.69) is 31.2 Å². The number of carbonyl (C=O) groups is 6. The van der Waals surface area contributed by atoms with Crippen LogP contribution in [0.5, 0.6) is 0 Å². The molecule has 0 aromatic carbocycles. The van der Waals surface area contributed by atoms with E-state index in [-0.39, 0.29) is 47.7 Å². The summed E-state index contributed by atoms with van der Waals surface area (Å²) in [6.07, 6.45) is 12.1. The van der Waals surface area contributed by atoms with Crippen LogP contribution < -0.4 is 21.3 Å². The van der Waals surface area contributed by atoms with Crippen LogP contribution in [0.15, 0.2) is 18.6 Å². The number of nitrogens with zero attached hydrogens (tertiary/aromatic N) is 3. The third-order valence-corrected chi connectivity index (χ3v) is 11.1. The summed E-state index contributed by atoms with van der Waals surface area (Å²) in [4.78, 5) is 92.1. The van der Waals surface area contributed by atoms with Gasteiger partial charge in [-0.2, -0.15) is 0 Å². The van der Waals surface area contributed by atoms with Gasteiger partial charge in [0.05, 0.1) is 12.2 Å². The first-order chi connectivity index (χ1) is 24.1. The maximum absolute atomic E-state index is 14.6. The average molecular weight is 710 g/mol. The summed E-state index contributed by atoms with van der Waals surface area (Å²) in [7, 11) is 0. The Kier molecular flexibility index (Phi) is 13.7. The minimum Gasteiger partial charge on any atom is -0.347 e. The number of Topliss-reactive ketones (excluding diaryl/α,β-unsaturated/α-hetero) is 1. The molecule has 1 saturated heterocycles. The van der Waals surface area contributed by atoms with Crippen molar-refractivity contribution in [3.8, 4) is 0 Å². The molecule has 13 heteroatoms. The summed E-state index contributed by atoms with van der Waals surface area (Å²) in [6, 6.07) is -3.98. The van der Waals surface area contributed by atoms with Crippen LogP contribution in [0.1, 0.15) is 123 Å². The van der Waals surface area contributed by atoms with Crippen LogP contribution in [0, 0.1) is 29.1 Å². The van der Waals surface area contributed by atoms with Crippen LogP contribution in [0.3, 0.4) is 0 Å². The number of nitrogens with one attached hydrogen (secondary N) is 4. The number of carbonyl (C=O) groups excluding carboxylic acids is 6. The lowest BCUT2D eigenvalue weighted by Gasteiger charge is -2.38. The molecule has 2 unspecified atom stereocenters. The second kappa shape index (κ2) is 17.5. The summed E-state index contributed by atoms with van der Waals surface area (Å²) in [5.74, 6) is -3.22. The average Bonchev–Trinajstić information content (AvgIpc) is 3.70. The van der Waals surface area contributed by atoms with Gasteiger partial charge in [0.1, 0.15) is 23.8 Å². The Labute approximate surface area is 302 Å². The molecule has 1 aromatic heterocycles. The molecule has 13 nitrogen and oxygen atoms in total. The van der Waals surface area contributed by atoms with Gasteiger partial charge in [-0.1, -0.05) is 73.6 Å². The summed E-state index contributed by atoms with van der Waals surface area (Å²) < 4.78 is 0. The lowest BCUT2D eigenvalue weighted by molar-refractivity contribution is -0.146. The van der Waals surface area contributed by atoms with Crippen LogP contribution in [0.2, 0.25) is 0 Å². The molecule has 0 spiro atoms. The maximum atomic E-state index is 14.6. The largest absolute Gasteiger partial charge is 0.347 e. The number of fused-ring (bicyclic) bond motifs is 1. The number of hydrogen-bond acceptors (Lipinski definition) is 8. The SMILES string of the molecule is CCC[C@H](NC(=O)[C@@H]1C2CCCC2CN1C(=O)[C@@H](NC(=O)[C@@H](NC(=O)c1cnccn1)C1CCCCC1)C(C)(C)C)C(=O)C(=O)N[C@@H](C)C(C)C. The van der Waals surface area contributed by atoms with Gasteiger partial charge in [-0.25, -0.2) is 4.98 Å². The minimum atomic E-state index is -1.02. The fourth-order valence-electron chi connectivity index (χ4n) is 7.83. The number of likely N-dealkylation sites (tertiary alicyclic amines) is 1. The second-order valence-electron chi connectivity index (χ2n) is 16.3. The first kappa shape index (κ1) is 39.9. The van der Waals surface area contributed by atoms with Crippen molar-refractivity contribution in [2.24, 2.45) is 29.1 Å². The molecular weight excluding hydrogens is 650 g/mol. The molecule has 2 aliphatic carbocycles. The Balaban J connectivity index is 1.57. The van der Waals surface area contributed by atoms with Crippen molar-refractivity contribution in [2.75, 3.05) is 6.54 Å². The molecule has 5 amide bonds. The van der Waals surface area contributed by atoms with Crippen LogP contribution >= 0.6 is 0 Å². The Morgan fingerprint density at radius 2 is 1.59 bits per heavy atom. The van der Waals surface area contributed by atoms with Gasteiger partial charge >= 0.3 is 0 Å². The fraction of sp³-hybridized carbons (Fsp3) is 0.737. The molecule has 2 heterocycles. The van der Waals surface area contributed by atoms with E-state index in [9.17, 15) is 28.8 Å². The molecule has 282 valence electrons. The zero-order valence-corrected chi connectivity index (χ0v) is 31.5. The predicted octanol–water partition coefficient (Wildman–Crippen LogP) is 3.33. The molecule has 0 radical (unpaired) electrons. The van der Waals surface area contributed by atoms with Gasteiger partial charge in [-0.15, -0.1) is 0 Å². The van der Waals surface area contributed by atoms with Gasteiger partial charge in [-0.05, 0) is 68.1 Å². The van der Waals surface area contributed by atoms with E-state index in [1.807, 2.05) is 48.5 Å². The highest BCUT2D eigenvalue weighted by Gasteiger charge is 2.52. The highest BCUT2D eigenvalue weighted by Crippen LogP contribution is 2.43. The van der Waals surface area contributed by atoms with Gasteiger partial charge in [0, 0.05) is 25.0 Å². The van der Waals surface area contributed by atoms with Gasteiger partial charge in [0.2, 0.25) is 23.5 Å². The molecule has 51 heavy (non-hydrogen) atoms. The summed E-state index contributed by atoms with van der Waals surface area (Å²) in [5, 5.41) is 11.5. The summed E-state index contributed by atoms with van der Waals surface area (Å²) >= 11 is 0. The Bertz CT molecular complexity index is 1410. The zero-order chi connectivity index (χ0) is 37.5. The maximum Gasteiger partial charge on any atom is 0.289 e. The van der Waals surface area contributed by atoms with Crippen LogP contribution in [-0.4, -0.2) is 86.9 Å². The van der Waals surface area contributed by atoms with Gasteiger partial charge < -0.3 is 26.2 Å². The van der Waals surface area contributed by atoms with Crippen molar-refractivity contribution in [3.63, 3.8) is 0 Å². The molecule has 2 saturated carbocycles. The number of rotatable bonds is 14. The standard InChI is InChI=1S/C38H59N7O6/c1-8-13-27(31(46)36(50)41-23(4)22(2)3)42-35(49)30-26-17-12-16-25(26)21-45(30)37(51)32(38(5,6)7)44-34(48)29(24-14-10-9-11-15-24)43-33(47)28-20-39-18-19-40-28/h18-20,22-27,29-30,32H,8-17,21H2,1-7H3,(H,41,50)(H,42,49)(H,43,47)(H,44,48)/t23-,25?,26?,27-,29-,30-,32+/m0/s1. The van der Waals surface area contributed by atoms with E-state index < -0.39 is 59.0 Å². The summed E-state index contributed by atoms with van der Waals surface area (Å²) in [5.41, 5.74) is -0.651. The van der Waals surface area contributed by atoms with E-state index in [1.54, 1.807) is 4.90 Å². The van der Waals surface area contributed by atoms with Crippen molar-refractivity contribution in [1.82, 2.24) is 36.1 Å². The van der Waals surface area contributed by atoms with Crippen molar-refractivity contribution in [1.29, 1.82) is 0 Å².